The zero-order valence-electron chi connectivity index (χ0n) is 13.0. The Hall–Kier alpha value is -3.39. The second-order valence-electron chi connectivity index (χ2n) is 5.27. The van der Waals surface area contributed by atoms with E-state index in [1.807, 2.05) is 41.1 Å². The van der Waals surface area contributed by atoms with E-state index in [-0.39, 0.29) is 5.91 Å². The number of para-hydroxylation sites is 1. The van der Waals surface area contributed by atoms with Crippen molar-refractivity contribution in [1.29, 1.82) is 5.26 Å². The number of aryl methyl sites for hydroxylation is 1. The molecule has 2 aromatic carbocycles. The fraction of sp³-hybridized carbons (Fsp3) is 0.105. The summed E-state index contributed by atoms with van der Waals surface area (Å²) in [7, 11) is 0. The second kappa shape index (κ2) is 7.25. The lowest BCUT2D eigenvalue weighted by molar-refractivity contribution is 0.0955. The highest BCUT2D eigenvalue weighted by molar-refractivity contribution is 6.00. The van der Waals surface area contributed by atoms with Crippen LogP contribution in [0.25, 0.3) is 10.9 Å². The molecule has 0 radical (unpaired) electrons. The minimum atomic E-state index is -0.250. The number of hydrazone groups is 1. The molecule has 1 amide bonds. The van der Waals surface area contributed by atoms with Crippen LogP contribution in [0.5, 0.6) is 0 Å². The number of fused-ring (bicyclic) bond motifs is 1. The van der Waals surface area contributed by atoms with E-state index >= 15 is 0 Å². The Bertz CT molecular complexity index is 919. The molecule has 5 nitrogen and oxygen atoms in total. The highest BCUT2D eigenvalue weighted by Gasteiger charge is 2.07. The number of aromatic nitrogens is 1. The Morgan fingerprint density at radius 2 is 1.92 bits per heavy atom. The summed E-state index contributed by atoms with van der Waals surface area (Å²) in [5.41, 5.74) is 5.04. The Kier molecular flexibility index (Phi) is 4.68. The van der Waals surface area contributed by atoms with Gasteiger partial charge in [-0.3, -0.25) is 4.79 Å². The molecule has 0 spiro atoms. The van der Waals surface area contributed by atoms with Crippen molar-refractivity contribution in [3.8, 4) is 6.07 Å². The molecule has 0 aliphatic heterocycles. The molecule has 1 N–H and O–H groups in total. The van der Waals surface area contributed by atoms with Crippen LogP contribution in [0.3, 0.4) is 0 Å². The maximum atomic E-state index is 12.0. The number of rotatable bonds is 5. The van der Waals surface area contributed by atoms with Gasteiger partial charge in [0.05, 0.1) is 18.7 Å². The van der Waals surface area contributed by atoms with Gasteiger partial charge in [0.15, 0.2) is 0 Å². The minimum absolute atomic E-state index is 0.250. The molecule has 0 saturated carbocycles. The molecule has 0 aliphatic rings. The summed E-state index contributed by atoms with van der Waals surface area (Å²) in [6.45, 7) is 0.626. The molecule has 0 fully saturated rings. The van der Waals surface area contributed by atoms with Crippen LogP contribution < -0.4 is 5.43 Å². The second-order valence-corrected chi connectivity index (χ2v) is 5.27. The van der Waals surface area contributed by atoms with Gasteiger partial charge >= 0.3 is 0 Å². The van der Waals surface area contributed by atoms with E-state index in [4.69, 9.17) is 5.26 Å². The van der Waals surface area contributed by atoms with E-state index in [0.717, 1.165) is 16.5 Å². The number of hydrogen-bond acceptors (Lipinski definition) is 3. The van der Waals surface area contributed by atoms with E-state index in [1.54, 1.807) is 30.5 Å². The largest absolute Gasteiger partial charge is 0.346 e. The molecule has 1 heterocycles. The third kappa shape index (κ3) is 3.33. The summed E-state index contributed by atoms with van der Waals surface area (Å²) in [6.07, 6.45) is 4.02. The Labute approximate surface area is 139 Å². The summed E-state index contributed by atoms with van der Waals surface area (Å²) in [5, 5.41) is 13.9. The maximum Gasteiger partial charge on any atom is 0.271 e. The van der Waals surface area contributed by atoms with Gasteiger partial charge in [0.1, 0.15) is 0 Å². The van der Waals surface area contributed by atoms with Crippen LogP contribution in [0.4, 0.5) is 0 Å². The summed E-state index contributed by atoms with van der Waals surface area (Å²) in [5.74, 6) is -0.250. The zero-order valence-corrected chi connectivity index (χ0v) is 13.0. The van der Waals surface area contributed by atoms with Gasteiger partial charge in [-0.25, -0.2) is 5.43 Å². The van der Waals surface area contributed by atoms with Gasteiger partial charge in [-0.15, -0.1) is 0 Å². The Morgan fingerprint density at radius 3 is 2.71 bits per heavy atom. The summed E-state index contributed by atoms with van der Waals surface area (Å²) in [6, 6.07) is 19.0. The van der Waals surface area contributed by atoms with Crippen LogP contribution in [-0.2, 0) is 6.54 Å². The van der Waals surface area contributed by atoms with Crippen molar-refractivity contribution in [2.24, 2.45) is 5.10 Å². The van der Waals surface area contributed by atoms with Gasteiger partial charge in [0.2, 0.25) is 0 Å². The van der Waals surface area contributed by atoms with Crippen molar-refractivity contribution < 1.29 is 4.79 Å². The van der Waals surface area contributed by atoms with Crippen LogP contribution >= 0.6 is 0 Å². The SMILES string of the molecule is N#CCCn1cc(/C=N\NC(=O)c2ccccc2)c2ccccc21. The normalized spacial score (nSPS) is 10.8. The molecule has 118 valence electrons. The molecule has 3 aromatic rings. The Morgan fingerprint density at radius 1 is 1.17 bits per heavy atom. The number of nitrogens with zero attached hydrogens (tertiary/aromatic N) is 3. The predicted molar refractivity (Wildman–Crippen MR) is 93.7 cm³/mol. The topological polar surface area (TPSA) is 70.2 Å². The van der Waals surface area contributed by atoms with Crippen molar-refractivity contribution in [1.82, 2.24) is 9.99 Å². The number of benzene rings is 2. The maximum absolute atomic E-state index is 12.0. The predicted octanol–water partition coefficient (Wildman–Crippen LogP) is 3.32. The average Bonchev–Trinajstić information content (AvgIpc) is 2.99. The molecule has 0 aliphatic carbocycles. The van der Waals surface area contributed by atoms with Gasteiger partial charge < -0.3 is 4.57 Å². The van der Waals surface area contributed by atoms with Gasteiger partial charge in [0.25, 0.3) is 5.91 Å². The molecule has 24 heavy (non-hydrogen) atoms. The number of nitrogens with one attached hydrogen (secondary N) is 1. The monoisotopic (exact) mass is 316 g/mol. The van der Waals surface area contributed by atoms with Gasteiger partial charge in [0, 0.05) is 34.8 Å². The molecular weight excluding hydrogens is 300 g/mol. The van der Waals surface area contributed by atoms with E-state index in [2.05, 4.69) is 16.6 Å². The van der Waals surface area contributed by atoms with Crippen molar-refractivity contribution >= 4 is 23.0 Å². The summed E-state index contributed by atoms with van der Waals surface area (Å²) >= 11 is 0. The molecule has 0 saturated heterocycles. The lowest BCUT2D eigenvalue weighted by Crippen LogP contribution is -2.17. The average molecular weight is 316 g/mol. The molecule has 1 aromatic heterocycles. The van der Waals surface area contributed by atoms with Gasteiger partial charge in [-0.05, 0) is 18.2 Å². The van der Waals surface area contributed by atoms with Crippen molar-refractivity contribution in [3.63, 3.8) is 0 Å². The van der Waals surface area contributed by atoms with E-state index in [1.165, 1.54) is 0 Å². The smallest absolute Gasteiger partial charge is 0.271 e. The number of carbonyl (C=O) groups is 1. The number of nitriles is 1. The molecule has 0 bridgehead atoms. The van der Waals surface area contributed by atoms with Crippen molar-refractivity contribution in [2.45, 2.75) is 13.0 Å². The standard InChI is InChI=1S/C19H16N4O/c20-11-6-12-23-14-16(17-9-4-5-10-18(17)23)13-21-22-19(24)15-7-2-1-3-8-15/h1-5,7-10,13-14H,6,12H2,(H,22,24)/b21-13-. The number of hydrogen-bond donors (Lipinski definition) is 1. The molecule has 3 rings (SSSR count). The molecule has 0 unspecified atom stereocenters. The third-order valence-corrected chi connectivity index (χ3v) is 3.69. The quantitative estimate of drug-likeness (QED) is 0.579. The van der Waals surface area contributed by atoms with Crippen LogP contribution in [-0.4, -0.2) is 16.7 Å². The highest BCUT2D eigenvalue weighted by Crippen LogP contribution is 2.20. The van der Waals surface area contributed by atoms with Crippen molar-refractivity contribution in [2.75, 3.05) is 0 Å². The lowest BCUT2D eigenvalue weighted by Gasteiger charge is -2.00. The zero-order chi connectivity index (χ0) is 16.8. The number of carbonyl (C=O) groups excluding carboxylic acids is 1. The van der Waals surface area contributed by atoms with E-state index in [9.17, 15) is 4.79 Å². The molecule has 0 atom stereocenters. The van der Waals surface area contributed by atoms with Crippen LogP contribution in [0.15, 0.2) is 65.9 Å². The molecular formula is C19H16N4O. The highest BCUT2D eigenvalue weighted by atomic mass is 16.2. The summed E-state index contributed by atoms with van der Waals surface area (Å²) < 4.78 is 2.03. The Balaban J connectivity index is 1.80. The first-order valence-corrected chi connectivity index (χ1v) is 7.63. The first kappa shape index (κ1) is 15.5. The fourth-order valence-electron chi connectivity index (χ4n) is 2.55. The van der Waals surface area contributed by atoms with E-state index < -0.39 is 0 Å². The van der Waals surface area contributed by atoms with Crippen LogP contribution in [0.2, 0.25) is 0 Å². The lowest BCUT2D eigenvalue weighted by atomic mass is 10.2. The van der Waals surface area contributed by atoms with E-state index in [0.29, 0.717) is 18.5 Å². The van der Waals surface area contributed by atoms with Crippen LogP contribution in [0, 0.1) is 11.3 Å². The first-order chi connectivity index (χ1) is 11.8. The van der Waals surface area contributed by atoms with Crippen molar-refractivity contribution in [3.05, 3.63) is 71.9 Å². The number of amides is 1. The van der Waals surface area contributed by atoms with Gasteiger partial charge in [-0.1, -0.05) is 36.4 Å². The first-order valence-electron chi connectivity index (χ1n) is 7.63. The van der Waals surface area contributed by atoms with Gasteiger partial charge in [-0.2, -0.15) is 10.4 Å². The minimum Gasteiger partial charge on any atom is -0.346 e. The molecule has 5 heteroatoms. The third-order valence-electron chi connectivity index (χ3n) is 3.69. The van der Waals surface area contributed by atoms with Crippen LogP contribution in [0.1, 0.15) is 22.3 Å². The summed E-state index contributed by atoms with van der Waals surface area (Å²) in [4.78, 5) is 12.0. The fourth-order valence-corrected chi connectivity index (χ4v) is 2.55.